The fourth-order valence-corrected chi connectivity index (χ4v) is 6.05. The minimum atomic E-state index is -4.11. The van der Waals surface area contributed by atoms with Crippen LogP contribution in [0.2, 0.25) is 0 Å². The zero-order valence-corrected chi connectivity index (χ0v) is 19.2. The van der Waals surface area contributed by atoms with E-state index >= 15 is 0 Å². The molecule has 1 fully saturated rings. The molecule has 0 bridgehead atoms. The molecule has 0 saturated carbocycles. The standard InChI is InChI=1S/C19H21F2N5O6S2/c20-17(21)19(28)24-23-18(27)14-6-7-15(22-12-14)13-26(16-4-2-1-3-5-16)34(31,32)25-8-10-33(29,30)11-9-25/h1-7,12,17H,8-11,13H2,(H,23,27)(H,24,28). The lowest BCUT2D eigenvalue weighted by molar-refractivity contribution is -0.132. The summed E-state index contributed by atoms with van der Waals surface area (Å²) in [5.74, 6) is -3.12. The number of carbonyl (C=O) groups excluding carboxylic acids is 2. The van der Waals surface area contributed by atoms with Crippen molar-refractivity contribution in [1.82, 2.24) is 20.1 Å². The van der Waals surface area contributed by atoms with E-state index in [1.54, 1.807) is 35.8 Å². The molecule has 34 heavy (non-hydrogen) atoms. The smallest absolute Gasteiger partial charge is 0.267 e. The van der Waals surface area contributed by atoms with Crippen LogP contribution in [0.15, 0.2) is 48.7 Å². The highest BCUT2D eigenvalue weighted by atomic mass is 32.2. The first-order valence-electron chi connectivity index (χ1n) is 9.86. The molecule has 1 aromatic heterocycles. The number of halogens is 2. The van der Waals surface area contributed by atoms with Crippen molar-refractivity contribution >= 4 is 37.5 Å². The average Bonchev–Trinajstić information content (AvgIpc) is 2.81. The minimum Gasteiger partial charge on any atom is -0.267 e. The van der Waals surface area contributed by atoms with Gasteiger partial charge in [-0.1, -0.05) is 18.2 Å². The monoisotopic (exact) mass is 517 g/mol. The molecular formula is C19H21F2N5O6S2. The van der Waals surface area contributed by atoms with E-state index in [0.29, 0.717) is 5.69 Å². The van der Waals surface area contributed by atoms with Crippen molar-refractivity contribution in [2.75, 3.05) is 28.9 Å². The van der Waals surface area contributed by atoms with Gasteiger partial charge in [0.15, 0.2) is 9.84 Å². The number of nitrogens with one attached hydrogen (secondary N) is 2. The highest BCUT2D eigenvalue weighted by Gasteiger charge is 2.35. The lowest BCUT2D eigenvalue weighted by atomic mass is 10.2. The molecule has 1 aromatic carbocycles. The van der Waals surface area contributed by atoms with Crippen molar-refractivity contribution in [2.45, 2.75) is 13.0 Å². The Kier molecular flexibility index (Phi) is 7.78. The van der Waals surface area contributed by atoms with Crippen LogP contribution in [0, 0.1) is 0 Å². The van der Waals surface area contributed by atoms with Gasteiger partial charge in [0.25, 0.3) is 5.91 Å². The first kappa shape index (κ1) is 25.5. The highest BCUT2D eigenvalue weighted by molar-refractivity contribution is 7.92. The number of sulfone groups is 1. The largest absolute Gasteiger partial charge is 0.317 e. The van der Waals surface area contributed by atoms with E-state index in [1.807, 2.05) is 5.43 Å². The number of carbonyl (C=O) groups is 2. The van der Waals surface area contributed by atoms with Gasteiger partial charge in [0.2, 0.25) is 0 Å². The van der Waals surface area contributed by atoms with E-state index in [-0.39, 0.29) is 42.4 Å². The quantitative estimate of drug-likeness (QED) is 0.495. The molecule has 11 nitrogen and oxygen atoms in total. The molecule has 3 rings (SSSR count). The molecule has 2 heterocycles. The lowest BCUT2D eigenvalue weighted by Crippen LogP contribution is -2.50. The van der Waals surface area contributed by atoms with Gasteiger partial charge in [-0.15, -0.1) is 0 Å². The van der Waals surface area contributed by atoms with E-state index in [9.17, 15) is 35.2 Å². The van der Waals surface area contributed by atoms with E-state index < -0.39 is 38.3 Å². The Balaban J connectivity index is 1.78. The third kappa shape index (κ3) is 6.24. The number of nitrogens with zero attached hydrogens (tertiary/aromatic N) is 3. The average molecular weight is 518 g/mol. The highest BCUT2D eigenvalue weighted by Crippen LogP contribution is 2.24. The van der Waals surface area contributed by atoms with E-state index in [2.05, 4.69) is 4.98 Å². The van der Waals surface area contributed by atoms with Crippen LogP contribution in [0.3, 0.4) is 0 Å². The fraction of sp³-hybridized carbons (Fsp3) is 0.316. The van der Waals surface area contributed by atoms with Crippen LogP contribution < -0.4 is 15.2 Å². The van der Waals surface area contributed by atoms with Crippen LogP contribution in [0.4, 0.5) is 14.5 Å². The van der Waals surface area contributed by atoms with Crippen LogP contribution in [0.25, 0.3) is 0 Å². The van der Waals surface area contributed by atoms with Crippen LogP contribution >= 0.6 is 0 Å². The molecule has 1 aliphatic heterocycles. The Hall–Kier alpha value is -3.17. The molecule has 184 valence electrons. The normalized spacial score (nSPS) is 16.1. The van der Waals surface area contributed by atoms with Gasteiger partial charge in [0.05, 0.1) is 35.0 Å². The second-order valence-corrected chi connectivity index (χ2v) is 11.3. The first-order chi connectivity index (χ1) is 16.0. The van der Waals surface area contributed by atoms with Gasteiger partial charge < -0.3 is 0 Å². The summed E-state index contributed by atoms with van der Waals surface area (Å²) < 4.78 is 76.7. The Labute approximate surface area is 194 Å². The van der Waals surface area contributed by atoms with Gasteiger partial charge in [0.1, 0.15) is 0 Å². The summed E-state index contributed by atoms with van der Waals surface area (Å²) in [6.45, 7) is -0.574. The van der Waals surface area contributed by atoms with Gasteiger partial charge in [-0.2, -0.15) is 21.5 Å². The Morgan fingerprint density at radius 1 is 1.06 bits per heavy atom. The SMILES string of the molecule is O=C(NNC(=O)C(F)F)c1ccc(CN(c2ccccc2)S(=O)(=O)N2CCS(=O)(=O)CC2)nc1. The maximum absolute atomic E-state index is 13.3. The summed E-state index contributed by atoms with van der Waals surface area (Å²) in [5.41, 5.74) is 3.90. The van der Waals surface area contributed by atoms with Crippen LogP contribution in [-0.2, 0) is 31.4 Å². The predicted molar refractivity (Wildman–Crippen MR) is 118 cm³/mol. The first-order valence-corrected chi connectivity index (χ1v) is 13.1. The van der Waals surface area contributed by atoms with Gasteiger partial charge in [-0.05, 0) is 24.3 Å². The maximum atomic E-state index is 13.3. The molecular weight excluding hydrogens is 496 g/mol. The van der Waals surface area contributed by atoms with Crippen LogP contribution in [0.1, 0.15) is 16.1 Å². The fourth-order valence-electron chi connectivity index (χ4n) is 3.01. The summed E-state index contributed by atoms with van der Waals surface area (Å²) in [4.78, 5) is 26.9. The Morgan fingerprint density at radius 2 is 1.71 bits per heavy atom. The maximum Gasteiger partial charge on any atom is 0.317 e. The van der Waals surface area contributed by atoms with Crippen molar-refractivity contribution in [3.05, 3.63) is 59.9 Å². The number of aromatic nitrogens is 1. The van der Waals surface area contributed by atoms with Crippen LogP contribution in [0.5, 0.6) is 0 Å². The number of hydrazine groups is 1. The van der Waals surface area contributed by atoms with Gasteiger partial charge >= 0.3 is 22.5 Å². The van der Waals surface area contributed by atoms with Crippen molar-refractivity contribution < 1.29 is 35.2 Å². The number of anilines is 1. The molecule has 15 heteroatoms. The zero-order valence-electron chi connectivity index (χ0n) is 17.6. The number of amides is 2. The van der Waals surface area contributed by atoms with Crippen molar-refractivity contribution in [2.24, 2.45) is 0 Å². The Bertz CT molecular complexity index is 1230. The van der Waals surface area contributed by atoms with Crippen molar-refractivity contribution in [3.63, 3.8) is 0 Å². The second-order valence-electron chi connectivity index (χ2n) is 7.18. The third-order valence-electron chi connectivity index (χ3n) is 4.84. The number of alkyl halides is 2. The molecule has 0 aliphatic carbocycles. The van der Waals surface area contributed by atoms with E-state index in [4.69, 9.17) is 0 Å². The molecule has 2 aromatic rings. The second kappa shape index (κ2) is 10.4. The summed E-state index contributed by atoms with van der Waals surface area (Å²) in [6.07, 6.45) is -2.20. The molecule has 1 aliphatic rings. The molecule has 0 unspecified atom stereocenters. The molecule has 0 spiro atoms. The number of pyridine rings is 1. The van der Waals surface area contributed by atoms with Gasteiger partial charge in [-0.3, -0.25) is 29.7 Å². The summed E-state index contributed by atoms with van der Waals surface area (Å²) >= 11 is 0. The summed E-state index contributed by atoms with van der Waals surface area (Å²) in [7, 11) is -7.41. The van der Waals surface area contributed by atoms with Crippen molar-refractivity contribution in [3.8, 4) is 0 Å². The van der Waals surface area contributed by atoms with E-state index in [0.717, 1.165) is 14.8 Å². The number of para-hydroxylation sites is 1. The summed E-state index contributed by atoms with van der Waals surface area (Å²) in [6, 6.07) is 10.8. The topological polar surface area (TPSA) is 146 Å². The minimum absolute atomic E-state index is 0.0614. The van der Waals surface area contributed by atoms with Gasteiger partial charge in [0, 0.05) is 19.3 Å². The predicted octanol–water partition coefficient (Wildman–Crippen LogP) is 0.0895. The number of hydrogen-bond acceptors (Lipinski definition) is 7. The molecule has 0 atom stereocenters. The third-order valence-corrected chi connectivity index (χ3v) is 8.37. The van der Waals surface area contributed by atoms with Gasteiger partial charge in [-0.25, -0.2) is 8.42 Å². The molecule has 2 amide bonds. The number of rotatable bonds is 7. The van der Waals surface area contributed by atoms with Crippen molar-refractivity contribution in [1.29, 1.82) is 0 Å². The van der Waals surface area contributed by atoms with Crippen LogP contribution in [-0.4, -0.2) is 69.0 Å². The number of benzene rings is 1. The molecule has 0 radical (unpaired) electrons. The molecule has 2 N–H and O–H groups in total. The zero-order chi connectivity index (χ0) is 24.9. The number of hydrogen-bond donors (Lipinski definition) is 2. The lowest BCUT2D eigenvalue weighted by Gasteiger charge is -2.33. The summed E-state index contributed by atoms with van der Waals surface area (Å²) in [5, 5.41) is 0. The molecule has 1 saturated heterocycles. The Morgan fingerprint density at radius 3 is 2.26 bits per heavy atom. The van der Waals surface area contributed by atoms with E-state index in [1.165, 1.54) is 12.1 Å².